The first kappa shape index (κ1) is 50.5. The van der Waals surface area contributed by atoms with Gasteiger partial charge < -0.3 is 46.2 Å². The summed E-state index contributed by atoms with van der Waals surface area (Å²) in [7, 11) is -5.61. The molecule has 0 N–H and O–H groups in total. The van der Waals surface area contributed by atoms with Crippen molar-refractivity contribution in [1.82, 2.24) is 0 Å². The molecule has 0 heterocycles. The number of nitrogens with zero attached hydrogens (tertiary/aromatic N) is 4. The highest BCUT2D eigenvalue weighted by molar-refractivity contribution is 6.38. The maximum Gasteiger partial charge on any atom is 0.0757 e. The van der Waals surface area contributed by atoms with Crippen LogP contribution in [0.2, 0.25) is 0 Å². The topological polar surface area (TPSA) is 92.2 Å². The molecule has 0 aliphatic heterocycles. The van der Waals surface area contributed by atoms with Gasteiger partial charge in [-0.25, -0.2) is 0 Å². The van der Waals surface area contributed by atoms with E-state index in [1.54, 1.807) is 0 Å². The maximum absolute atomic E-state index is 8.58. The lowest BCUT2D eigenvalue weighted by atomic mass is 10.3. The molecule has 0 spiro atoms. The molecule has 0 aromatic rings. The zero-order chi connectivity index (χ0) is 33.8. The Labute approximate surface area is 261 Å². The molecule has 0 fully saturated rings. The van der Waals surface area contributed by atoms with Gasteiger partial charge in [-0.05, 0) is 111 Å². The zero-order valence-electron chi connectivity index (χ0n) is 31.2. The van der Waals surface area contributed by atoms with Gasteiger partial charge in [0.25, 0.3) is 0 Å². The van der Waals surface area contributed by atoms with Crippen LogP contribution in [0.25, 0.3) is 0 Å². The lowest BCUT2D eigenvalue weighted by molar-refractivity contribution is -0.921. The molecule has 0 aliphatic rings. The minimum atomic E-state index is -5.61. The first-order valence-electron chi connectivity index (χ1n) is 17.2. The van der Waals surface area contributed by atoms with E-state index >= 15 is 0 Å². The van der Waals surface area contributed by atoms with Crippen molar-refractivity contribution in [3.63, 3.8) is 0 Å². The van der Waals surface area contributed by atoms with Gasteiger partial charge in [0.1, 0.15) is 0 Å². The first-order valence-corrected chi connectivity index (χ1v) is 18.8. The summed E-state index contributed by atoms with van der Waals surface area (Å²) in [4.78, 5) is 34.3. The van der Waals surface area contributed by atoms with Crippen LogP contribution in [0.4, 0.5) is 0 Å². The molecule has 0 unspecified atom stereocenters. The van der Waals surface area contributed by atoms with Gasteiger partial charge in [-0.2, -0.15) is 0 Å². The third-order valence-corrected chi connectivity index (χ3v) is 10.7. The smallest absolute Gasteiger partial charge is 0.0757 e. The molecule has 8 nitrogen and oxygen atoms in total. The average Bonchev–Trinajstić information content (AvgIpc) is 2.99. The molecule has 0 amide bonds. The summed E-state index contributed by atoms with van der Waals surface area (Å²) in [5, 5.41) is 0. The second-order valence-corrected chi connectivity index (χ2v) is 11.9. The highest BCUT2D eigenvalue weighted by Crippen LogP contribution is 2.05. The van der Waals surface area contributed by atoms with Crippen molar-refractivity contribution < 1.29 is 37.1 Å². The van der Waals surface area contributed by atoms with Crippen molar-refractivity contribution in [2.45, 2.75) is 111 Å². The molecule has 0 bridgehead atoms. The summed E-state index contributed by atoms with van der Waals surface area (Å²) in [6.45, 7) is 56.9. The van der Waals surface area contributed by atoms with Gasteiger partial charge in [-0.1, -0.05) is 0 Å². The van der Waals surface area contributed by atoms with E-state index in [1.165, 1.54) is 123 Å². The summed E-state index contributed by atoms with van der Waals surface area (Å²) >= 11 is 0. The molecule has 0 atom stereocenters. The second kappa shape index (κ2) is 28.7. The minimum Gasteiger partial charge on any atom is -0.894 e. The van der Waals surface area contributed by atoms with Gasteiger partial charge in [0, 0.05) is 0 Å². The lowest BCUT2D eigenvalue weighted by Crippen LogP contribution is -2.82. The van der Waals surface area contributed by atoms with E-state index in [4.69, 9.17) is 19.2 Å². The van der Waals surface area contributed by atoms with Crippen molar-refractivity contribution >= 4 is 9.05 Å². The van der Waals surface area contributed by atoms with Crippen LogP contribution in [0.1, 0.15) is 111 Å². The monoisotopic (exact) mass is 613 g/mol. The van der Waals surface area contributed by atoms with Crippen LogP contribution in [-0.4, -0.2) is 132 Å². The fraction of sp³-hybridized carbons (Fsp3) is 1.00. The predicted molar refractivity (Wildman–Crippen MR) is 175 cm³/mol. The Kier molecular flexibility index (Phi) is 35.3. The van der Waals surface area contributed by atoms with Crippen molar-refractivity contribution in [3.05, 3.63) is 0 Å². The summed E-state index contributed by atoms with van der Waals surface area (Å²) in [5.74, 6) is 0. The van der Waals surface area contributed by atoms with Crippen molar-refractivity contribution in [1.29, 1.82) is 0 Å². The van der Waals surface area contributed by atoms with Gasteiger partial charge in [-0.15, -0.1) is 0 Å². The van der Waals surface area contributed by atoms with E-state index in [-0.39, 0.29) is 0 Å². The first-order chi connectivity index (χ1) is 19.0. The average molecular weight is 613 g/mol. The number of hydrogen-bond donors (Lipinski definition) is 0. The fourth-order valence-electron chi connectivity index (χ4n) is 5.37. The van der Waals surface area contributed by atoms with E-state index in [0.717, 1.165) is 0 Å². The number of hydrogen-bond acceptors (Lipinski definition) is 4. The molecule has 9 heteroatoms. The molecule has 256 valence electrons. The van der Waals surface area contributed by atoms with Crippen molar-refractivity contribution in [3.8, 4) is 0 Å². The Balaban J connectivity index is -0.000000133. The van der Waals surface area contributed by atoms with Crippen LogP contribution in [-0.2, 0) is 0 Å². The molecule has 0 aromatic heterocycles. The van der Waals surface area contributed by atoms with Gasteiger partial charge in [-0.3, -0.25) is 0 Å². The van der Waals surface area contributed by atoms with E-state index in [1.807, 2.05) is 0 Å². The molecule has 41 heavy (non-hydrogen) atoms. The minimum absolute atomic E-state index is 1.28. The molecule has 0 aromatic carbocycles. The van der Waals surface area contributed by atoms with Crippen LogP contribution in [0.3, 0.4) is 0 Å². The molecule has 0 aliphatic carbocycles. The van der Waals surface area contributed by atoms with Crippen LogP contribution >= 0.6 is 0 Å². The quantitative estimate of drug-likeness (QED) is 0.198. The normalized spacial score (nSPS) is 12.0. The largest absolute Gasteiger partial charge is 0.894 e. The Morgan fingerprint density at radius 3 is 0.293 bits per heavy atom. The Morgan fingerprint density at radius 1 is 0.244 bits per heavy atom. The highest BCUT2D eigenvalue weighted by Gasteiger charge is 2.18. The Morgan fingerprint density at radius 2 is 0.293 bits per heavy atom. The zero-order valence-corrected chi connectivity index (χ0v) is 32.2. The molecule has 0 radical (unpaired) electrons. The predicted octanol–water partition coefficient (Wildman–Crippen LogP) is 2.39. The standard InChI is InChI=1S/4C8H20N.O4Si/c4*1-5-9(6-2,7-3)8-4;1-5(2,3)4/h4*5-8H2,1-4H3;/q4*+1;-4. The molecular formula is C32H80N4O4Si. The SMILES string of the molecule is CC[N+](CC)(CC)CC.CC[N+](CC)(CC)CC.CC[N+](CC)(CC)CC.CC[N+](CC)(CC)CC.[O-][Si]([O-])([O-])[O-]. The molecule has 0 saturated heterocycles. The molecule has 0 rings (SSSR count). The van der Waals surface area contributed by atoms with Gasteiger partial charge in [0.15, 0.2) is 0 Å². The molecule has 0 saturated carbocycles. The Hall–Kier alpha value is -0.103. The van der Waals surface area contributed by atoms with Crippen LogP contribution in [0.5, 0.6) is 0 Å². The second-order valence-electron chi connectivity index (χ2n) is 10.9. The summed E-state index contributed by atoms with van der Waals surface area (Å²) in [6.07, 6.45) is 0. The highest BCUT2D eigenvalue weighted by atomic mass is 28.4. The van der Waals surface area contributed by atoms with E-state index in [0.29, 0.717) is 0 Å². The van der Waals surface area contributed by atoms with Crippen molar-refractivity contribution in [2.24, 2.45) is 0 Å². The van der Waals surface area contributed by atoms with Crippen LogP contribution in [0, 0.1) is 0 Å². The fourth-order valence-corrected chi connectivity index (χ4v) is 5.37. The molecular weight excluding hydrogens is 532 g/mol. The van der Waals surface area contributed by atoms with Crippen LogP contribution < -0.4 is 19.2 Å². The summed E-state index contributed by atoms with van der Waals surface area (Å²) in [5.41, 5.74) is 0. The Bertz CT molecular complexity index is 362. The van der Waals surface area contributed by atoms with E-state index < -0.39 is 9.05 Å². The number of quaternary nitrogens is 4. The summed E-state index contributed by atoms with van der Waals surface area (Å²) < 4.78 is 5.11. The van der Waals surface area contributed by atoms with Crippen LogP contribution in [0.15, 0.2) is 0 Å². The maximum atomic E-state index is 8.58. The van der Waals surface area contributed by atoms with Gasteiger partial charge in [0.05, 0.1) is 105 Å². The number of rotatable bonds is 16. The third-order valence-electron chi connectivity index (χ3n) is 10.7. The van der Waals surface area contributed by atoms with Crippen molar-refractivity contribution in [2.75, 3.05) is 105 Å². The third kappa shape index (κ3) is 25.0. The summed E-state index contributed by atoms with van der Waals surface area (Å²) in [6, 6.07) is 0. The van der Waals surface area contributed by atoms with Gasteiger partial charge >= 0.3 is 0 Å². The van der Waals surface area contributed by atoms with E-state index in [2.05, 4.69) is 111 Å². The van der Waals surface area contributed by atoms with Gasteiger partial charge in [0.2, 0.25) is 0 Å². The lowest BCUT2D eigenvalue weighted by Gasteiger charge is -2.67. The van der Waals surface area contributed by atoms with E-state index in [9.17, 15) is 0 Å².